The van der Waals surface area contributed by atoms with Gasteiger partial charge in [0.05, 0.1) is 5.41 Å². The van der Waals surface area contributed by atoms with Gasteiger partial charge in [-0.2, -0.15) is 0 Å². The Morgan fingerprint density at radius 3 is 2.00 bits per heavy atom. The van der Waals surface area contributed by atoms with Crippen molar-refractivity contribution in [3.8, 4) is 0 Å². The molecule has 1 amide bonds. The lowest BCUT2D eigenvalue weighted by atomic mass is 9.81. The molecule has 2 N–H and O–H groups in total. The predicted molar refractivity (Wildman–Crippen MR) is 51.6 cm³/mol. The van der Waals surface area contributed by atoms with Gasteiger partial charge in [-0.3, -0.25) is 4.79 Å². The molecule has 84 valence electrons. The largest absolute Gasteiger partial charge is 0.481 e. The minimum Gasteiger partial charge on any atom is -0.481 e. The van der Waals surface area contributed by atoms with E-state index in [1.54, 1.807) is 0 Å². The van der Waals surface area contributed by atoms with Crippen LogP contribution in [0, 0.1) is 11.3 Å². The van der Waals surface area contributed by atoms with E-state index in [4.69, 9.17) is 10.2 Å². The molecule has 1 saturated heterocycles. The molecule has 5 nitrogen and oxygen atoms in total. The van der Waals surface area contributed by atoms with Gasteiger partial charge in [-0.05, 0) is 31.6 Å². The second kappa shape index (κ2) is 3.40. The highest BCUT2D eigenvalue weighted by atomic mass is 16.4. The molecule has 2 fully saturated rings. The summed E-state index contributed by atoms with van der Waals surface area (Å²) in [6.07, 6.45) is 2.02. The summed E-state index contributed by atoms with van der Waals surface area (Å²) in [6.45, 7) is 0.962. The smallest absolute Gasteiger partial charge is 0.407 e. The third kappa shape index (κ3) is 1.66. The van der Waals surface area contributed by atoms with Gasteiger partial charge in [-0.15, -0.1) is 0 Å². The summed E-state index contributed by atoms with van der Waals surface area (Å²) in [5.74, 6) is -0.526. The summed E-state index contributed by atoms with van der Waals surface area (Å²) in [7, 11) is 0. The number of hydrogen-bond acceptors (Lipinski definition) is 2. The molecule has 0 radical (unpaired) electrons. The van der Waals surface area contributed by atoms with Gasteiger partial charge in [0.2, 0.25) is 0 Å². The number of aliphatic carboxylic acids is 1. The fraction of sp³-hybridized carbons (Fsp3) is 0.800. The molecule has 0 aromatic carbocycles. The molecule has 0 spiro atoms. The number of rotatable bonds is 2. The minimum atomic E-state index is -0.895. The van der Waals surface area contributed by atoms with Crippen LogP contribution in [-0.2, 0) is 4.79 Å². The highest BCUT2D eigenvalue weighted by Gasteiger charge is 2.56. The molecule has 1 saturated carbocycles. The standard InChI is InChI=1S/C10H15NO4/c12-8(13)10(3-4-10)7-1-5-11(6-2-7)9(14)15/h7H,1-6H2,(H,12,13)(H,14,15). The van der Waals surface area contributed by atoms with Crippen molar-refractivity contribution in [3.63, 3.8) is 0 Å². The summed E-state index contributed by atoms with van der Waals surface area (Å²) in [4.78, 5) is 23.1. The minimum absolute atomic E-state index is 0.172. The average molecular weight is 213 g/mol. The zero-order chi connectivity index (χ0) is 11.1. The van der Waals surface area contributed by atoms with Gasteiger partial charge in [-0.1, -0.05) is 0 Å². The van der Waals surface area contributed by atoms with Crippen LogP contribution in [0.1, 0.15) is 25.7 Å². The number of piperidine rings is 1. The van der Waals surface area contributed by atoms with E-state index in [1.807, 2.05) is 0 Å². The van der Waals surface area contributed by atoms with Crippen LogP contribution in [0.25, 0.3) is 0 Å². The molecule has 5 heteroatoms. The molecule has 2 rings (SSSR count). The van der Waals surface area contributed by atoms with Gasteiger partial charge < -0.3 is 15.1 Å². The number of hydrogen-bond donors (Lipinski definition) is 2. The fourth-order valence-electron chi connectivity index (χ4n) is 2.55. The number of nitrogens with zero attached hydrogens (tertiary/aromatic N) is 1. The number of carboxylic acids is 1. The molecular weight excluding hydrogens is 198 g/mol. The van der Waals surface area contributed by atoms with Gasteiger partial charge in [0.1, 0.15) is 0 Å². The summed E-state index contributed by atoms with van der Waals surface area (Å²) >= 11 is 0. The topological polar surface area (TPSA) is 77.8 Å². The maximum atomic E-state index is 11.1. The Bertz CT molecular complexity index is 290. The first kappa shape index (κ1) is 10.3. The van der Waals surface area contributed by atoms with Gasteiger partial charge in [0.25, 0.3) is 0 Å². The lowest BCUT2D eigenvalue weighted by Gasteiger charge is -2.33. The second-order valence-corrected chi connectivity index (χ2v) is 4.51. The molecule has 0 aromatic heterocycles. The number of likely N-dealkylation sites (tertiary alicyclic amines) is 1. The second-order valence-electron chi connectivity index (χ2n) is 4.51. The van der Waals surface area contributed by atoms with E-state index in [0.29, 0.717) is 25.9 Å². The molecule has 0 aromatic rings. The van der Waals surface area contributed by atoms with Gasteiger partial charge in [0, 0.05) is 13.1 Å². The van der Waals surface area contributed by atoms with Crippen LogP contribution < -0.4 is 0 Å². The third-order valence-corrected chi connectivity index (χ3v) is 3.76. The summed E-state index contributed by atoms with van der Waals surface area (Å²) < 4.78 is 0. The van der Waals surface area contributed by atoms with Crippen molar-refractivity contribution in [2.75, 3.05) is 13.1 Å². The highest BCUT2D eigenvalue weighted by molar-refractivity contribution is 5.78. The first-order valence-corrected chi connectivity index (χ1v) is 5.27. The van der Waals surface area contributed by atoms with Crippen LogP contribution in [0.2, 0.25) is 0 Å². The fourth-order valence-corrected chi connectivity index (χ4v) is 2.55. The van der Waals surface area contributed by atoms with Crippen molar-refractivity contribution >= 4 is 12.1 Å². The van der Waals surface area contributed by atoms with E-state index < -0.39 is 17.5 Å². The van der Waals surface area contributed by atoms with Crippen molar-refractivity contribution in [1.82, 2.24) is 4.90 Å². The molecule has 0 atom stereocenters. The molecule has 0 unspecified atom stereocenters. The lowest BCUT2D eigenvalue weighted by Crippen LogP contribution is -2.41. The number of carboxylic acid groups (broad SMARTS) is 2. The van der Waals surface area contributed by atoms with Crippen molar-refractivity contribution in [3.05, 3.63) is 0 Å². The van der Waals surface area contributed by atoms with E-state index in [1.165, 1.54) is 4.90 Å². The van der Waals surface area contributed by atoms with Gasteiger partial charge in [-0.25, -0.2) is 4.79 Å². The maximum absolute atomic E-state index is 11.1. The molecule has 1 aliphatic carbocycles. The van der Waals surface area contributed by atoms with E-state index in [0.717, 1.165) is 12.8 Å². The van der Waals surface area contributed by atoms with Gasteiger partial charge >= 0.3 is 12.1 Å². The third-order valence-electron chi connectivity index (χ3n) is 3.76. The van der Waals surface area contributed by atoms with Crippen molar-refractivity contribution in [2.24, 2.45) is 11.3 Å². The summed E-state index contributed by atoms with van der Waals surface area (Å²) in [5.41, 5.74) is -0.509. The van der Waals surface area contributed by atoms with E-state index in [9.17, 15) is 9.59 Å². The molecule has 1 aliphatic heterocycles. The summed E-state index contributed by atoms with van der Waals surface area (Å²) in [5, 5.41) is 17.9. The Labute approximate surface area is 87.7 Å². The Kier molecular flexibility index (Phi) is 2.32. The quantitative estimate of drug-likeness (QED) is 0.723. The van der Waals surface area contributed by atoms with Crippen LogP contribution >= 0.6 is 0 Å². The first-order chi connectivity index (χ1) is 7.06. The summed E-state index contributed by atoms with van der Waals surface area (Å²) in [6, 6.07) is 0. The molecule has 2 aliphatic rings. The van der Waals surface area contributed by atoms with Crippen LogP contribution in [0.15, 0.2) is 0 Å². The Morgan fingerprint density at radius 2 is 1.67 bits per heavy atom. The first-order valence-electron chi connectivity index (χ1n) is 5.27. The van der Waals surface area contributed by atoms with Crippen molar-refractivity contribution < 1.29 is 19.8 Å². The average Bonchev–Trinajstić information content (AvgIpc) is 2.98. The Hall–Kier alpha value is -1.26. The number of carbonyl (C=O) groups is 2. The Morgan fingerprint density at radius 1 is 1.13 bits per heavy atom. The van der Waals surface area contributed by atoms with E-state index in [2.05, 4.69) is 0 Å². The normalized spacial score (nSPS) is 24.9. The van der Waals surface area contributed by atoms with Crippen molar-refractivity contribution in [1.29, 1.82) is 0 Å². The zero-order valence-electron chi connectivity index (χ0n) is 8.48. The van der Waals surface area contributed by atoms with Crippen LogP contribution in [-0.4, -0.2) is 40.3 Å². The lowest BCUT2D eigenvalue weighted by molar-refractivity contribution is -0.146. The Balaban J connectivity index is 1.94. The van der Waals surface area contributed by atoms with E-state index in [-0.39, 0.29) is 5.92 Å². The van der Waals surface area contributed by atoms with E-state index >= 15 is 0 Å². The monoisotopic (exact) mass is 213 g/mol. The molecule has 15 heavy (non-hydrogen) atoms. The van der Waals surface area contributed by atoms with Crippen LogP contribution in [0.5, 0.6) is 0 Å². The zero-order valence-corrected chi connectivity index (χ0v) is 8.48. The van der Waals surface area contributed by atoms with Crippen LogP contribution in [0.4, 0.5) is 4.79 Å². The SMILES string of the molecule is O=C(O)N1CCC(C2(C(=O)O)CC2)CC1. The molecule has 1 heterocycles. The van der Waals surface area contributed by atoms with Crippen LogP contribution in [0.3, 0.4) is 0 Å². The maximum Gasteiger partial charge on any atom is 0.407 e. The molecule has 0 bridgehead atoms. The predicted octanol–water partition coefficient (Wildman–Crippen LogP) is 1.24. The van der Waals surface area contributed by atoms with Crippen molar-refractivity contribution in [2.45, 2.75) is 25.7 Å². The molecular formula is C10H15NO4. The van der Waals surface area contributed by atoms with Gasteiger partial charge in [0.15, 0.2) is 0 Å². The number of amides is 1. The highest BCUT2D eigenvalue weighted by Crippen LogP contribution is 2.55.